The van der Waals surface area contributed by atoms with Crippen molar-refractivity contribution >= 4 is 0 Å². The van der Waals surface area contributed by atoms with Crippen LogP contribution in [0.1, 0.15) is 65.2 Å². The monoisotopic (exact) mass is 223 g/mol. The van der Waals surface area contributed by atoms with Gasteiger partial charge in [0.25, 0.3) is 0 Å². The van der Waals surface area contributed by atoms with E-state index in [0.29, 0.717) is 6.04 Å². The Hall–Kier alpha value is -0.300. The van der Waals surface area contributed by atoms with Gasteiger partial charge in [-0.15, -0.1) is 6.58 Å². The summed E-state index contributed by atoms with van der Waals surface area (Å²) in [5.74, 6) is 0.894. The van der Waals surface area contributed by atoms with Crippen molar-refractivity contribution in [2.45, 2.75) is 71.3 Å². The predicted octanol–water partition coefficient (Wildman–Crippen LogP) is 4.29. The first-order chi connectivity index (χ1) is 7.74. The first-order valence-electron chi connectivity index (χ1n) is 7.11. The van der Waals surface area contributed by atoms with Gasteiger partial charge in [0, 0.05) is 6.04 Å². The molecule has 1 aliphatic rings. The van der Waals surface area contributed by atoms with Crippen LogP contribution < -0.4 is 5.32 Å². The summed E-state index contributed by atoms with van der Waals surface area (Å²) >= 11 is 0. The molecule has 0 radical (unpaired) electrons. The summed E-state index contributed by atoms with van der Waals surface area (Å²) in [6, 6.07) is 0.690. The van der Waals surface area contributed by atoms with Crippen LogP contribution in [-0.2, 0) is 0 Å². The van der Waals surface area contributed by atoms with Crippen LogP contribution in [-0.4, -0.2) is 12.6 Å². The second kappa shape index (κ2) is 7.89. The van der Waals surface area contributed by atoms with Gasteiger partial charge in [0.15, 0.2) is 0 Å². The molecule has 0 bridgehead atoms. The van der Waals surface area contributed by atoms with E-state index in [0.717, 1.165) is 12.5 Å². The molecule has 0 aliphatic heterocycles. The average Bonchev–Trinajstić information content (AvgIpc) is 2.52. The van der Waals surface area contributed by atoms with Crippen molar-refractivity contribution in [3.63, 3.8) is 0 Å². The van der Waals surface area contributed by atoms with Gasteiger partial charge in [-0.05, 0) is 45.1 Å². The summed E-state index contributed by atoms with van der Waals surface area (Å²) in [5, 5.41) is 3.74. The van der Waals surface area contributed by atoms with Gasteiger partial charge in [-0.3, -0.25) is 0 Å². The maximum Gasteiger partial charge on any atom is 0.0132 e. The van der Waals surface area contributed by atoms with E-state index in [2.05, 4.69) is 25.7 Å². The van der Waals surface area contributed by atoms with E-state index >= 15 is 0 Å². The summed E-state index contributed by atoms with van der Waals surface area (Å²) in [7, 11) is 0. The van der Waals surface area contributed by atoms with E-state index in [4.69, 9.17) is 0 Å². The van der Waals surface area contributed by atoms with E-state index in [1.165, 1.54) is 56.9 Å². The summed E-state index contributed by atoms with van der Waals surface area (Å²) in [6.07, 6.45) is 11.0. The minimum absolute atomic E-state index is 0.690. The number of hydrogen-bond acceptors (Lipinski definition) is 1. The third-order valence-electron chi connectivity index (χ3n) is 3.69. The van der Waals surface area contributed by atoms with Crippen LogP contribution in [0.15, 0.2) is 12.2 Å². The Morgan fingerprint density at radius 3 is 2.38 bits per heavy atom. The lowest BCUT2D eigenvalue weighted by atomic mass is 9.88. The smallest absolute Gasteiger partial charge is 0.0132 e. The van der Waals surface area contributed by atoms with Crippen LogP contribution in [0, 0.1) is 5.92 Å². The Balaban J connectivity index is 2.46. The van der Waals surface area contributed by atoms with Gasteiger partial charge in [-0.2, -0.15) is 0 Å². The molecule has 0 amide bonds. The van der Waals surface area contributed by atoms with Crippen LogP contribution in [0.5, 0.6) is 0 Å². The van der Waals surface area contributed by atoms with E-state index < -0.39 is 0 Å². The van der Waals surface area contributed by atoms with Crippen LogP contribution in [0.4, 0.5) is 0 Å². The molecule has 0 aromatic rings. The highest BCUT2D eigenvalue weighted by molar-refractivity contribution is 4.95. The number of hydrogen-bond donors (Lipinski definition) is 1. The van der Waals surface area contributed by atoms with E-state index in [-0.39, 0.29) is 0 Å². The average molecular weight is 223 g/mol. The molecule has 0 aromatic heterocycles. The highest BCUT2D eigenvalue weighted by Crippen LogP contribution is 2.27. The Morgan fingerprint density at radius 2 is 1.88 bits per heavy atom. The van der Waals surface area contributed by atoms with Gasteiger partial charge in [0.2, 0.25) is 0 Å². The molecule has 1 N–H and O–H groups in total. The van der Waals surface area contributed by atoms with Gasteiger partial charge in [-0.25, -0.2) is 0 Å². The van der Waals surface area contributed by atoms with Gasteiger partial charge in [-0.1, -0.05) is 38.2 Å². The van der Waals surface area contributed by atoms with E-state index in [9.17, 15) is 0 Å². The Morgan fingerprint density at radius 1 is 1.25 bits per heavy atom. The van der Waals surface area contributed by atoms with Crippen LogP contribution in [0.3, 0.4) is 0 Å². The molecule has 1 atom stereocenters. The van der Waals surface area contributed by atoms with Crippen molar-refractivity contribution in [3.8, 4) is 0 Å². The SMILES string of the molecule is C=C(C)CC(NCCC)C1CCCCCC1. The van der Waals surface area contributed by atoms with Crippen molar-refractivity contribution in [1.82, 2.24) is 5.32 Å². The van der Waals surface area contributed by atoms with Gasteiger partial charge >= 0.3 is 0 Å². The van der Waals surface area contributed by atoms with Crippen molar-refractivity contribution in [2.24, 2.45) is 5.92 Å². The normalized spacial score (nSPS) is 20.4. The van der Waals surface area contributed by atoms with Gasteiger partial charge in [0.05, 0.1) is 0 Å². The Kier molecular flexibility index (Phi) is 6.79. The van der Waals surface area contributed by atoms with Crippen LogP contribution >= 0.6 is 0 Å². The maximum absolute atomic E-state index is 4.08. The molecular weight excluding hydrogens is 194 g/mol. The zero-order chi connectivity index (χ0) is 11.8. The molecule has 1 saturated carbocycles. The van der Waals surface area contributed by atoms with Gasteiger partial charge < -0.3 is 5.32 Å². The standard InChI is InChI=1S/C15H29N/c1-4-11-16-15(12-13(2)3)14-9-7-5-6-8-10-14/h14-16H,2,4-12H2,1,3H3. The molecule has 1 rings (SSSR count). The fourth-order valence-electron chi connectivity index (χ4n) is 2.82. The molecule has 0 spiro atoms. The molecule has 1 aliphatic carbocycles. The zero-order valence-electron chi connectivity index (χ0n) is 11.2. The molecule has 1 nitrogen and oxygen atoms in total. The van der Waals surface area contributed by atoms with Crippen molar-refractivity contribution in [2.75, 3.05) is 6.54 Å². The van der Waals surface area contributed by atoms with E-state index in [1.54, 1.807) is 0 Å². The van der Waals surface area contributed by atoms with Crippen LogP contribution in [0.2, 0.25) is 0 Å². The summed E-state index contributed by atoms with van der Waals surface area (Å²) in [5.41, 5.74) is 1.33. The molecule has 1 fully saturated rings. The van der Waals surface area contributed by atoms with Crippen LogP contribution in [0.25, 0.3) is 0 Å². The first-order valence-corrected chi connectivity index (χ1v) is 7.11. The molecule has 0 aromatic carbocycles. The molecule has 0 saturated heterocycles. The van der Waals surface area contributed by atoms with Gasteiger partial charge in [0.1, 0.15) is 0 Å². The predicted molar refractivity (Wildman–Crippen MR) is 72.7 cm³/mol. The van der Waals surface area contributed by atoms with Crippen molar-refractivity contribution in [1.29, 1.82) is 0 Å². The van der Waals surface area contributed by atoms with Crippen molar-refractivity contribution in [3.05, 3.63) is 12.2 Å². The third kappa shape index (κ3) is 5.16. The quantitative estimate of drug-likeness (QED) is 0.523. The summed E-state index contributed by atoms with van der Waals surface area (Å²) in [4.78, 5) is 0. The van der Waals surface area contributed by atoms with Crippen molar-refractivity contribution < 1.29 is 0 Å². The molecular formula is C15H29N. The lowest BCUT2D eigenvalue weighted by Crippen LogP contribution is -2.36. The maximum atomic E-state index is 4.08. The molecule has 0 heterocycles. The fourth-order valence-corrected chi connectivity index (χ4v) is 2.82. The Bertz CT molecular complexity index is 190. The fraction of sp³-hybridized carbons (Fsp3) is 0.867. The second-order valence-electron chi connectivity index (χ2n) is 5.47. The number of nitrogens with one attached hydrogen (secondary N) is 1. The van der Waals surface area contributed by atoms with E-state index in [1.807, 2.05) is 0 Å². The minimum Gasteiger partial charge on any atom is -0.313 e. The minimum atomic E-state index is 0.690. The highest BCUT2D eigenvalue weighted by Gasteiger charge is 2.21. The Labute approximate surface area is 102 Å². The second-order valence-corrected chi connectivity index (χ2v) is 5.47. The zero-order valence-corrected chi connectivity index (χ0v) is 11.2. The molecule has 94 valence electrons. The molecule has 1 heteroatoms. The summed E-state index contributed by atoms with van der Waals surface area (Å²) in [6.45, 7) is 9.65. The first kappa shape index (κ1) is 13.8. The topological polar surface area (TPSA) is 12.0 Å². The lowest BCUT2D eigenvalue weighted by Gasteiger charge is -2.27. The number of rotatable bonds is 6. The lowest BCUT2D eigenvalue weighted by molar-refractivity contribution is 0.317. The summed E-state index contributed by atoms with van der Waals surface area (Å²) < 4.78 is 0. The molecule has 1 unspecified atom stereocenters. The molecule has 16 heavy (non-hydrogen) atoms. The highest BCUT2D eigenvalue weighted by atomic mass is 14.9. The largest absolute Gasteiger partial charge is 0.313 e. The third-order valence-corrected chi connectivity index (χ3v) is 3.69.